The number of sulfonamides is 1. The van der Waals surface area contributed by atoms with Crippen molar-refractivity contribution in [3.8, 4) is 0 Å². The third kappa shape index (κ3) is 2.44. The molecule has 1 heterocycles. The van der Waals surface area contributed by atoms with Crippen molar-refractivity contribution in [1.29, 1.82) is 0 Å². The Morgan fingerprint density at radius 1 is 1.33 bits per heavy atom. The Labute approximate surface area is 109 Å². The van der Waals surface area contributed by atoms with Crippen LogP contribution in [0.4, 0.5) is 0 Å². The molecule has 0 aliphatic heterocycles. The van der Waals surface area contributed by atoms with Gasteiger partial charge in [0, 0.05) is 13.1 Å². The van der Waals surface area contributed by atoms with E-state index in [9.17, 15) is 8.42 Å². The molecule has 0 atom stereocenters. The fraction of sp³-hybridized carbons (Fsp3) is 0.750. The largest absolute Gasteiger partial charge is 0.281 e. The van der Waals surface area contributed by atoms with E-state index in [1.165, 1.54) is 10.5 Å². The van der Waals surface area contributed by atoms with Crippen molar-refractivity contribution in [3.05, 3.63) is 11.9 Å². The Morgan fingerprint density at radius 3 is 2.44 bits per heavy atom. The number of aryl methyl sites for hydroxylation is 1. The third-order valence-electron chi connectivity index (χ3n) is 3.94. The highest BCUT2D eigenvalue weighted by Crippen LogP contribution is 2.29. The van der Waals surface area contributed by atoms with Crippen LogP contribution in [0.25, 0.3) is 0 Å². The Morgan fingerprint density at radius 2 is 1.94 bits per heavy atom. The summed E-state index contributed by atoms with van der Waals surface area (Å²) < 4.78 is 26.4. The number of nitrogens with one attached hydrogen (secondary N) is 1. The van der Waals surface area contributed by atoms with E-state index in [1.807, 2.05) is 0 Å². The lowest BCUT2D eigenvalue weighted by Gasteiger charge is -2.32. The zero-order chi connectivity index (χ0) is 13.3. The molecule has 1 saturated carbocycles. The molecule has 1 fully saturated rings. The number of nitrogens with zero attached hydrogens (tertiary/aromatic N) is 2. The van der Waals surface area contributed by atoms with Gasteiger partial charge in [-0.3, -0.25) is 5.10 Å². The minimum Gasteiger partial charge on any atom is -0.281 e. The lowest BCUT2D eigenvalue weighted by Crippen LogP contribution is -2.39. The van der Waals surface area contributed by atoms with Crippen molar-refractivity contribution < 1.29 is 8.42 Å². The van der Waals surface area contributed by atoms with Gasteiger partial charge in [0.25, 0.3) is 0 Å². The highest BCUT2D eigenvalue weighted by atomic mass is 32.2. The maximum Gasteiger partial charge on any atom is 0.246 e. The van der Waals surface area contributed by atoms with Crippen LogP contribution in [0.5, 0.6) is 0 Å². The third-order valence-corrected chi connectivity index (χ3v) is 5.96. The Bertz CT molecular complexity index is 501. The van der Waals surface area contributed by atoms with Gasteiger partial charge in [0.1, 0.15) is 4.90 Å². The predicted octanol–water partition coefficient (Wildman–Crippen LogP) is 1.92. The molecule has 1 aromatic heterocycles. The van der Waals surface area contributed by atoms with Crippen LogP contribution in [0.3, 0.4) is 0 Å². The second kappa shape index (κ2) is 5.01. The summed E-state index contributed by atoms with van der Waals surface area (Å²) in [7, 11) is -1.72. The van der Waals surface area contributed by atoms with Gasteiger partial charge in [-0.1, -0.05) is 6.92 Å². The molecule has 18 heavy (non-hydrogen) atoms. The molecule has 5 nitrogen and oxygen atoms in total. The minimum absolute atomic E-state index is 0.125. The van der Waals surface area contributed by atoms with Crippen molar-refractivity contribution in [2.24, 2.45) is 5.92 Å². The molecule has 2 rings (SSSR count). The van der Waals surface area contributed by atoms with Gasteiger partial charge in [-0.25, -0.2) is 8.42 Å². The molecule has 1 aliphatic rings. The van der Waals surface area contributed by atoms with Crippen molar-refractivity contribution in [3.63, 3.8) is 0 Å². The zero-order valence-electron chi connectivity index (χ0n) is 11.2. The molecule has 1 N–H and O–H groups in total. The molecular weight excluding hydrogens is 250 g/mol. The molecule has 6 heteroatoms. The average molecular weight is 271 g/mol. The van der Waals surface area contributed by atoms with E-state index in [-0.39, 0.29) is 6.04 Å². The molecule has 0 aromatic carbocycles. The molecule has 1 aromatic rings. The quantitative estimate of drug-likeness (QED) is 0.913. The molecule has 1 aliphatic carbocycles. The zero-order valence-corrected chi connectivity index (χ0v) is 12.0. The second-order valence-electron chi connectivity index (χ2n) is 5.29. The van der Waals surface area contributed by atoms with Crippen LogP contribution >= 0.6 is 0 Å². The molecule has 0 unspecified atom stereocenters. The lowest BCUT2D eigenvalue weighted by atomic mass is 9.87. The van der Waals surface area contributed by atoms with Crippen LogP contribution in [-0.4, -0.2) is 36.0 Å². The van der Waals surface area contributed by atoms with Gasteiger partial charge in [-0.2, -0.15) is 9.40 Å². The van der Waals surface area contributed by atoms with E-state index in [4.69, 9.17) is 0 Å². The Kier molecular flexibility index (Phi) is 3.77. The molecule has 0 spiro atoms. The normalized spacial score (nSPS) is 25.6. The summed E-state index contributed by atoms with van der Waals surface area (Å²) in [5.74, 6) is 0.716. The van der Waals surface area contributed by atoms with Gasteiger partial charge in [-0.05, 0) is 38.5 Å². The Balaban J connectivity index is 2.18. The second-order valence-corrected chi connectivity index (χ2v) is 7.26. The van der Waals surface area contributed by atoms with E-state index in [0.717, 1.165) is 25.7 Å². The summed E-state index contributed by atoms with van der Waals surface area (Å²) in [6, 6.07) is 0.125. The van der Waals surface area contributed by atoms with Crippen LogP contribution in [0.1, 0.15) is 38.3 Å². The number of aromatic nitrogens is 2. The highest BCUT2D eigenvalue weighted by Gasteiger charge is 2.32. The van der Waals surface area contributed by atoms with Crippen LogP contribution < -0.4 is 0 Å². The molecule has 0 bridgehead atoms. The van der Waals surface area contributed by atoms with E-state index >= 15 is 0 Å². The topological polar surface area (TPSA) is 66.1 Å². The molecule has 0 radical (unpaired) electrons. The van der Waals surface area contributed by atoms with Crippen LogP contribution in [0.2, 0.25) is 0 Å². The van der Waals surface area contributed by atoms with E-state index in [1.54, 1.807) is 14.0 Å². The Hall–Kier alpha value is -0.880. The maximum atomic E-state index is 12.5. The predicted molar refractivity (Wildman–Crippen MR) is 69.7 cm³/mol. The van der Waals surface area contributed by atoms with E-state index in [0.29, 0.717) is 16.5 Å². The van der Waals surface area contributed by atoms with E-state index in [2.05, 4.69) is 17.1 Å². The molecule has 0 saturated heterocycles. The van der Waals surface area contributed by atoms with Gasteiger partial charge in [-0.15, -0.1) is 0 Å². The number of hydrogen-bond acceptors (Lipinski definition) is 3. The number of aromatic amines is 1. The van der Waals surface area contributed by atoms with Gasteiger partial charge in [0.2, 0.25) is 10.0 Å². The molecule has 0 amide bonds. The van der Waals surface area contributed by atoms with Crippen LogP contribution in [0, 0.1) is 12.8 Å². The van der Waals surface area contributed by atoms with Crippen LogP contribution in [-0.2, 0) is 10.0 Å². The monoisotopic (exact) mass is 271 g/mol. The summed E-state index contributed by atoms with van der Waals surface area (Å²) in [4.78, 5) is 0.295. The van der Waals surface area contributed by atoms with Gasteiger partial charge in [0.05, 0.1) is 11.9 Å². The van der Waals surface area contributed by atoms with Crippen molar-refractivity contribution in [2.75, 3.05) is 7.05 Å². The maximum absolute atomic E-state index is 12.5. The molecular formula is C12H21N3O2S. The standard InChI is InChI=1S/C12H21N3O2S/c1-9-4-6-11(7-5-9)15(3)18(16,17)12-8-13-14-10(12)2/h8-9,11H,4-7H2,1-3H3,(H,13,14). The van der Waals surface area contributed by atoms with Crippen molar-refractivity contribution in [1.82, 2.24) is 14.5 Å². The van der Waals surface area contributed by atoms with Crippen molar-refractivity contribution in [2.45, 2.75) is 50.5 Å². The van der Waals surface area contributed by atoms with E-state index < -0.39 is 10.0 Å². The fourth-order valence-corrected chi connectivity index (χ4v) is 4.09. The average Bonchev–Trinajstić information content (AvgIpc) is 2.76. The first-order valence-corrected chi connectivity index (χ1v) is 7.85. The van der Waals surface area contributed by atoms with Gasteiger partial charge < -0.3 is 0 Å². The highest BCUT2D eigenvalue weighted by molar-refractivity contribution is 7.89. The van der Waals surface area contributed by atoms with Gasteiger partial charge in [0.15, 0.2) is 0 Å². The summed E-state index contributed by atoms with van der Waals surface area (Å²) in [6.07, 6.45) is 5.51. The SMILES string of the molecule is Cc1[nH]ncc1S(=O)(=O)N(C)C1CCC(C)CC1. The first-order chi connectivity index (χ1) is 8.43. The smallest absolute Gasteiger partial charge is 0.246 e. The van der Waals surface area contributed by atoms with Crippen molar-refractivity contribution >= 4 is 10.0 Å². The molecule has 102 valence electrons. The number of hydrogen-bond donors (Lipinski definition) is 1. The number of H-pyrrole nitrogens is 1. The first kappa shape index (κ1) is 13.5. The van der Waals surface area contributed by atoms with Crippen LogP contribution in [0.15, 0.2) is 11.1 Å². The summed E-state index contributed by atoms with van der Waals surface area (Å²) >= 11 is 0. The summed E-state index contributed by atoms with van der Waals surface area (Å²) in [6.45, 7) is 3.96. The minimum atomic E-state index is -3.40. The first-order valence-electron chi connectivity index (χ1n) is 6.41. The summed E-state index contributed by atoms with van der Waals surface area (Å²) in [5, 5.41) is 6.48. The lowest BCUT2D eigenvalue weighted by molar-refractivity contribution is 0.246. The summed E-state index contributed by atoms with van der Waals surface area (Å²) in [5.41, 5.74) is 0.603. The number of rotatable bonds is 3. The van der Waals surface area contributed by atoms with Gasteiger partial charge >= 0.3 is 0 Å². The fourth-order valence-electron chi connectivity index (χ4n) is 2.56.